The van der Waals surface area contributed by atoms with Gasteiger partial charge in [-0.25, -0.2) is 9.38 Å². The molecule has 0 bridgehead atoms. The van der Waals surface area contributed by atoms with Crippen LogP contribution in [0.15, 0.2) is 23.2 Å². The Morgan fingerprint density at radius 3 is 2.71 bits per heavy atom. The lowest BCUT2D eigenvalue weighted by atomic mass is 10.2. The summed E-state index contributed by atoms with van der Waals surface area (Å²) in [7, 11) is 0. The van der Waals surface area contributed by atoms with Gasteiger partial charge in [-0.2, -0.15) is 0 Å². The summed E-state index contributed by atoms with van der Waals surface area (Å²) >= 11 is 0. The number of benzene rings is 1. The van der Waals surface area contributed by atoms with Crippen LogP contribution in [0.3, 0.4) is 0 Å². The molecule has 21 heavy (non-hydrogen) atoms. The van der Waals surface area contributed by atoms with Crippen molar-refractivity contribution in [3.8, 4) is 5.75 Å². The first-order chi connectivity index (χ1) is 9.72. The van der Waals surface area contributed by atoms with Gasteiger partial charge in [-0.15, -0.1) is 24.0 Å². The number of nitrogens with zero attached hydrogens (tertiary/aromatic N) is 1. The smallest absolute Gasteiger partial charge is 0.191 e. The predicted octanol–water partition coefficient (Wildman–Crippen LogP) is 3.06. The Bertz CT molecular complexity index is 478. The molecule has 0 saturated heterocycles. The fraction of sp³-hybridized carbons (Fsp3) is 0.533. The number of halogens is 2. The van der Waals surface area contributed by atoms with Crippen LogP contribution in [0, 0.1) is 5.82 Å². The van der Waals surface area contributed by atoms with Crippen molar-refractivity contribution < 1.29 is 9.13 Å². The molecule has 1 saturated carbocycles. The van der Waals surface area contributed by atoms with E-state index in [2.05, 4.69) is 15.6 Å². The summed E-state index contributed by atoms with van der Waals surface area (Å²) < 4.78 is 18.9. The average Bonchev–Trinajstić information content (AvgIpc) is 3.23. The SMILES string of the molecule is CCNC(=NCc1ccc(OCC)c(F)c1)NC1CC1.I. The summed E-state index contributed by atoms with van der Waals surface area (Å²) in [5.41, 5.74) is 0.832. The Morgan fingerprint density at radius 2 is 2.14 bits per heavy atom. The van der Waals surface area contributed by atoms with E-state index in [0.717, 1.165) is 18.1 Å². The second-order valence-corrected chi connectivity index (χ2v) is 4.81. The Kier molecular flexibility index (Phi) is 7.77. The predicted molar refractivity (Wildman–Crippen MR) is 94.0 cm³/mol. The second-order valence-electron chi connectivity index (χ2n) is 4.81. The van der Waals surface area contributed by atoms with Gasteiger partial charge in [-0.3, -0.25) is 0 Å². The van der Waals surface area contributed by atoms with Crippen LogP contribution in [0.4, 0.5) is 4.39 Å². The molecule has 0 aliphatic heterocycles. The highest BCUT2D eigenvalue weighted by Crippen LogP contribution is 2.19. The topological polar surface area (TPSA) is 45.7 Å². The summed E-state index contributed by atoms with van der Waals surface area (Å²) in [5.74, 6) is 0.757. The lowest BCUT2D eigenvalue weighted by Gasteiger charge is -2.10. The lowest BCUT2D eigenvalue weighted by Crippen LogP contribution is -2.38. The average molecular weight is 407 g/mol. The zero-order chi connectivity index (χ0) is 14.4. The Morgan fingerprint density at radius 1 is 1.38 bits per heavy atom. The zero-order valence-electron chi connectivity index (χ0n) is 12.5. The number of hydrogen-bond acceptors (Lipinski definition) is 2. The molecule has 1 aliphatic rings. The number of aliphatic imine (C=N–C) groups is 1. The molecule has 0 amide bonds. The molecule has 1 aromatic carbocycles. The molecule has 0 radical (unpaired) electrons. The second kappa shape index (κ2) is 9.07. The van der Waals surface area contributed by atoms with Crippen molar-refractivity contribution in [2.24, 2.45) is 4.99 Å². The molecule has 118 valence electrons. The first kappa shape index (κ1) is 18.0. The van der Waals surface area contributed by atoms with Gasteiger partial charge in [0.15, 0.2) is 17.5 Å². The van der Waals surface area contributed by atoms with E-state index in [9.17, 15) is 4.39 Å². The minimum atomic E-state index is -0.334. The number of guanidine groups is 1. The maximum absolute atomic E-state index is 13.7. The van der Waals surface area contributed by atoms with Crippen LogP contribution in [0.25, 0.3) is 0 Å². The van der Waals surface area contributed by atoms with E-state index in [1.165, 1.54) is 18.9 Å². The molecular weight excluding hydrogens is 384 g/mol. The molecule has 0 heterocycles. The molecule has 1 aliphatic carbocycles. The summed E-state index contributed by atoms with van der Waals surface area (Å²) in [6, 6.07) is 5.53. The third kappa shape index (κ3) is 6.07. The van der Waals surface area contributed by atoms with Crippen molar-refractivity contribution in [1.29, 1.82) is 0 Å². The van der Waals surface area contributed by atoms with Gasteiger partial charge >= 0.3 is 0 Å². The van der Waals surface area contributed by atoms with E-state index in [4.69, 9.17) is 4.74 Å². The molecular formula is C15H23FIN3O. The van der Waals surface area contributed by atoms with E-state index in [1.54, 1.807) is 6.07 Å². The largest absolute Gasteiger partial charge is 0.491 e. The number of ether oxygens (including phenoxy) is 1. The molecule has 6 heteroatoms. The van der Waals surface area contributed by atoms with Crippen LogP contribution in [0.5, 0.6) is 5.75 Å². The van der Waals surface area contributed by atoms with Crippen LogP contribution >= 0.6 is 24.0 Å². The minimum absolute atomic E-state index is 0. The number of rotatable bonds is 6. The van der Waals surface area contributed by atoms with Gasteiger partial charge in [0.2, 0.25) is 0 Å². The summed E-state index contributed by atoms with van der Waals surface area (Å²) in [6.07, 6.45) is 2.39. The van der Waals surface area contributed by atoms with Crippen LogP contribution in [0.1, 0.15) is 32.3 Å². The highest BCUT2D eigenvalue weighted by Gasteiger charge is 2.22. The molecule has 0 aromatic heterocycles. The van der Waals surface area contributed by atoms with Gasteiger partial charge in [-0.1, -0.05) is 6.07 Å². The van der Waals surface area contributed by atoms with Crippen LogP contribution in [-0.2, 0) is 6.54 Å². The normalized spacial score (nSPS) is 14.3. The van der Waals surface area contributed by atoms with Gasteiger partial charge in [-0.05, 0) is 44.4 Å². The Balaban J connectivity index is 0.00000220. The van der Waals surface area contributed by atoms with Crippen molar-refractivity contribution in [3.63, 3.8) is 0 Å². The minimum Gasteiger partial charge on any atom is -0.491 e. The standard InChI is InChI=1S/C15H22FN3O.HI/c1-3-17-15(19-12-6-7-12)18-10-11-5-8-14(20-4-2)13(16)9-11;/h5,8-9,12H,3-4,6-7,10H2,1-2H3,(H2,17,18,19);1H. The fourth-order valence-electron chi connectivity index (χ4n) is 1.83. The van der Waals surface area contributed by atoms with Crippen molar-refractivity contribution in [1.82, 2.24) is 10.6 Å². The highest BCUT2D eigenvalue weighted by molar-refractivity contribution is 14.0. The molecule has 0 spiro atoms. The third-order valence-electron chi connectivity index (χ3n) is 2.98. The van der Waals surface area contributed by atoms with Crippen molar-refractivity contribution in [2.45, 2.75) is 39.3 Å². The van der Waals surface area contributed by atoms with E-state index in [0.29, 0.717) is 24.9 Å². The summed E-state index contributed by atoms with van der Waals surface area (Å²) in [5, 5.41) is 6.52. The molecule has 0 unspecified atom stereocenters. The molecule has 2 rings (SSSR count). The van der Waals surface area contributed by atoms with Crippen molar-refractivity contribution in [2.75, 3.05) is 13.2 Å². The first-order valence-electron chi connectivity index (χ1n) is 7.19. The van der Waals surface area contributed by atoms with Crippen LogP contribution in [-0.4, -0.2) is 25.2 Å². The Hall–Kier alpha value is -1.05. The maximum atomic E-state index is 13.7. The summed E-state index contributed by atoms with van der Waals surface area (Å²) in [6.45, 7) is 5.59. The maximum Gasteiger partial charge on any atom is 0.191 e. The zero-order valence-corrected chi connectivity index (χ0v) is 14.8. The summed E-state index contributed by atoms with van der Waals surface area (Å²) in [4.78, 5) is 4.47. The van der Waals surface area contributed by atoms with Gasteiger partial charge in [0.1, 0.15) is 0 Å². The first-order valence-corrected chi connectivity index (χ1v) is 7.19. The van der Waals surface area contributed by atoms with E-state index in [1.807, 2.05) is 19.9 Å². The van der Waals surface area contributed by atoms with Crippen molar-refractivity contribution >= 4 is 29.9 Å². The molecule has 0 atom stereocenters. The Labute approximate surface area is 142 Å². The van der Waals surface area contributed by atoms with Gasteiger partial charge in [0, 0.05) is 12.6 Å². The molecule has 4 nitrogen and oxygen atoms in total. The number of nitrogens with one attached hydrogen (secondary N) is 2. The highest BCUT2D eigenvalue weighted by atomic mass is 127. The van der Waals surface area contributed by atoms with Gasteiger partial charge < -0.3 is 15.4 Å². The number of hydrogen-bond donors (Lipinski definition) is 2. The fourth-order valence-corrected chi connectivity index (χ4v) is 1.83. The van der Waals surface area contributed by atoms with Crippen molar-refractivity contribution in [3.05, 3.63) is 29.6 Å². The monoisotopic (exact) mass is 407 g/mol. The van der Waals surface area contributed by atoms with Gasteiger partial charge in [0.05, 0.1) is 13.2 Å². The molecule has 1 aromatic rings. The van der Waals surface area contributed by atoms with E-state index in [-0.39, 0.29) is 29.8 Å². The van der Waals surface area contributed by atoms with Gasteiger partial charge in [0.25, 0.3) is 0 Å². The molecule has 2 N–H and O–H groups in total. The van der Waals surface area contributed by atoms with E-state index >= 15 is 0 Å². The lowest BCUT2D eigenvalue weighted by molar-refractivity contribution is 0.321. The quantitative estimate of drug-likeness (QED) is 0.433. The van der Waals surface area contributed by atoms with Crippen LogP contribution in [0.2, 0.25) is 0 Å². The van der Waals surface area contributed by atoms with E-state index < -0.39 is 0 Å². The third-order valence-corrected chi connectivity index (χ3v) is 2.98. The molecule has 1 fully saturated rings. The van der Waals surface area contributed by atoms with Crippen LogP contribution < -0.4 is 15.4 Å².